The predicted molar refractivity (Wildman–Crippen MR) is 120 cm³/mol. The number of carbonyl (C=O) groups is 2. The summed E-state index contributed by atoms with van der Waals surface area (Å²) in [5, 5.41) is 14.6. The van der Waals surface area contributed by atoms with Crippen molar-refractivity contribution in [3.05, 3.63) is 59.4 Å². The fraction of sp³-hybridized carbons (Fsp3) is 0.417. The van der Waals surface area contributed by atoms with Gasteiger partial charge in [0.25, 0.3) is 5.91 Å². The second-order valence-electron chi connectivity index (χ2n) is 8.37. The maximum Gasteiger partial charge on any atom is 0.270 e. The van der Waals surface area contributed by atoms with Gasteiger partial charge in [0.1, 0.15) is 11.4 Å². The Bertz CT molecular complexity index is 1010. The third kappa shape index (κ3) is 4.30. The zero-order chi connectivity index (χ0) is 22.7. The van der Waals surface area contributed by atoms with E-state index in [2.05, 4.69) is 15.6 Å². The molecule has 1 fully saturated rings. The number of hydrogen-bond acceptors (Lipinski definition) is 5. The Hall–Kier alpha value is -3.42. The fourth-order valence-corrected chi connectivity index (χ4v) is 4.32. The Morgan fingerprint density at radius 2 is 2.09 bits per heavy atom. The predicted octanol–water partition coefficient (Wildman–Crippen LogP) is 3.15. The number of ether oxygens (including phenoxy) is 1. The minimum atomic E-state index is -0.353. The van der Waals surface area contributed by atoms with Gasteiger partial charge in [-0.2, -0.15) is 0 Å². The lowest BCUT2D eigenvalue weighted by molar-refractivity contribution is -0.131. The molecule has 3 heterocycles. The number of aromatic nitrogens is 1. The first-order valence-electron chi connectivity index (χ1n) is 11.1. The summed E-state index contributed by atoms with van der Waals surface area (Å²) in [5.41, 5.74) is 1.63. The van der Waals surface area contributed by atoms with Crippen LogP contribution in [0.3, 0.4) is 0 Å². The maximum atomic E-state index is 12.9. The van der Waals surface area contributed by atoms with Gasteiger partial charge in [-0.15, -0.1) is 0 Å². The molecule has 2 aliphatic heterocycles. The fourth-order valence-electron chi connectivity index (χ4n) is 4.32. The standard InChI is InChI=1S/C24H29N5O3/c1-3-24(4-2)14-21(30)29(23(25)28-24)15-16-9-11-26-19(13-16)22(31)27-18-10-12-32-20-8-6-5-7-17(18)20/h5-9,11,13,18H,3-4,10,12,14-15H2,1-2H3,(H2,25,28)(H,27,31)/t18-/m0/s1. The van der Waals surface area contributed by atoms with Gasteiger partial charge in [0, 0.05) is 23.7 Å². The van der Waals surface area contributed by atoms with Gasteiger partial charge in [0.15, 0.2) is 5.96 Å². The molecule has 4 rings (SSSR count). The summed E-state index contributed by atoms with van der Waals surface area (Å²) < 4.78 is 5.67. The smallest absolute Gasteiger partial charge is 0.270 e. The Kier molecular flexibility index (Phi) is 6.12. The van der Waals surface area contributed by atoms with Crippen LogP contribution < -0.4 is 15.4 Å². The van der Waals surface area contributed by atoms with Gasteiger partial charge in [-0.05, 0) is 36.6 Å². The minimum absolute atomic E-state index is 0.0842. The summed E-state index contributed by atoms with van der Waals surface area (Å²) in [5.74, 6) is 0.531. The van der Waals surface area contributed by atoms with Crippen molar-refractivity contribution in [1.29, 1.82) is 5.41 Å². The summed E-state index contributed by atoms with van der Waals surface area (Å²) in [6, 6.07) is 11.0. The zero-order valence-corrected chi connectivity index (χ0v) is 18.5. The third-order valence-electron chi connectivity index (χ3n) is 6.46. The number of nitrogens with one attached hydrogen (secondary N) is 3. The number of hydrogen-bond donors (Lipinski definition) is 3. The van der Waals surface area contributed by atoms with Crippen molar-refractivity contribution < 1.29 is 14.3 Å². The average Bonchev–Trinajstić information content (AvgIpc) is 2.81. The summed E-state index contributed by atoms with van der Waals surface area (Å²) in [6.07, 6.45) is 4.16. The van der Waals surface area contributed by atoms with Crippen LogP contribution in [-0.4, -0.2) is 39.8 Å². The van der Waals surface area contributed by atoms with E-state index in [1.54, 1.807) is 18.3 Å². The van der Waals surface area contributed by atoms with Crippen molar-refractivity contribution in [3.8, 4) is 5.75 Å². The van der Waals surface area contributed by atoms with Crippen molar-refractivity contribution in [2.24, 2.45) is 0 Å². The van der Waals surface area contributed by atoms with Crippen LogP contribution in [0.1, 0.15) is 67.2 Å². The number of nitrogens with zero attached hydrogens (tertiary/aromatic N) is 2. The van der Waals surface area contributed by atoms with E-state index in [-0.39, 0.29) is 41.6 Å². The van der Waals surface area contributed by atoms with Crippen LogP contribution in [0.25, 0.3) is 0 Å². The molecule has 1 aromatic carbocycles. The minimum Gasteiger partial charge on any atom is -0.493 e. The van der Waals surface area contributed by atoms with Gasteiger partial charge >= 0.3 is 0 Å². The Labute approximate surface area is 187 Å². The molecule has 168 valence electrons. The molecule has 1 saturated heterocycles. The lowest BCUT2D eigenvalue weighted by Gasteiger charge is -2.42. The molecule has 2 amide bonds. The van der Waals surface area contributed by atoms with Crippen molar-refractivity contribution >= 4 is 17.8 Å². The van der Waals surface area contributed by atoms with Gasteiger partial charge < -0.3 is 15.4 Å². The topological polar surface area (TPSA) is 107 Å². The van der Waals surface area contributed by atoms with Crippen molar-refractivity contribution in [2.45, 2.75) is 57.7 Å². The molecule has 8 heteroatoms. The SMILES string of the molecule is CCC1(CC)CC(=O)N(Cc2ccnc(C(=O)N[C@H]3CCOc4ccccc43)c2)C(=N)N1. The number of pyridine rings is 1. The summed E-state index contributed by atoms with van der Waals surface area (Å²) in [6.45, 7) is 4.81. The molecule has 0 radical (unpaired) electrons. The van der Waals surface area contributed by atoms with Crippen LogP contribution in [0.15, 0.2) is 42.6 Å². The largest absolute Gasteiger partial charge is 0.493 e. The van der Waals surface area contributed by atoms with E-state index in [0.717, 1.165) is 29.7 Å². The summed E-state index contributed by atoms with van der Waals surface area (Å²) in [4.78, 5) is 31.3. The highest BCUT2D eigenvalue weighted by molar-refractivity contribution is 5.99. The number of carbonyl (C=O) groups excluding carboxylic acids is 2. The van der Waals surface area contributed by atoms with Gasteiger partial charge in [-0.3, -0.25) is 24.9 Å². The molecular weight excluding hydrogens is 406 g/mol. The lowest BCUT2D eigenvalue weighted by Crippen LogP contribution is -2.61. The molecule has 0 bridgehead atoms. The monoisotopic (exact) mass is 435 g/mol. The zero-order valence-electron chi connectivity index (χ0n) is 18.5. The number of fused-ring (bicyclic) bond motifs is 1. The molecule has 1 atom stereocenters. The first kappa shape index (κ1) is 21.8. The molecule has 0 unspecified atom stereocenters. The van der Waals surface area contributed by atoms with E-state index in [0.29, 0.717) is 19.4 Å². The van der Waals surface area contributed by atoms with E-state index >= 15 is 0 Å². The van der Waals surface area contributed by atoms with E-state index < -0.39 is 0 Å². The Balaban J connectivity index is 1.46. The first-order chi connectivity index (χ1) is 15.4. The molecule has 32 heavy (non-hydrogen) atoms. The van der Waals surface area contributed by atoms with Gasteiger partial charge in [0.2, 0.25) is 5.91 Å². The van der Waals surface area contributed by atoms with Gasteiger partial charge in [-0.25, -0.2) is 0 Å². The molecule has 0 saturated carbocycles. The number of guanidine groups is 1. The van der Waals surface area contributed by atoms with Crippen LogP contribution in [0.4, 0.5) is 0 Å². The van der Waals surface area contributed by atoms with Crippen LogP contribution >= 0.6 is 0 Å². The molecular formula is C24H29N5O3. The van der Waals surface area contributed by atoms with E-state index in [1.165, 1.54) is 4.90 Å². The van der Waals surface area contributed by atoms with Crippen molar-refractivity contribution in [1.82, 2.24) is 20.5 Å². The molecule has 3 N–H and O–H groups in total. The Morgan fingerprint density at radius 1 is 1.31 bits per heavy atom. The van der Waals surface area contributed by atoms with Crippen LogP contribution in [0, 0.1) is 5.41 Å². The number of amides is 2. The molecule has 2 aromatic rings. The van der Waals surface area contributed by atoms with Crippen LogP contribution in [0.2, 0.25) is 0 Å². The normalized spacial score (nSPS) is 19.6. The highest BCUT2D eigenvalue weighted by Gasteiger charge is 2.39. The Morgan fingerprint density at radius 3 is 2.84 bits per heavy atom. The highest BCUT2D eigenvalue weighted by Crippen LogP contribution is 2.31. The maximum absolute atomic E-state index is 12.9. The number of para-hydroxylation sites is 1. The van der Waals surface area contributed by atoms with Crippen LogP contribution in [-0.2, 0) is 11.3 Å². The quantitative estimate of drug-likeness (QED) is 0.646. The molecule has 0 spiro atoms. The van der Waals surface area contributed by atoms with Crippen LogP contribution in [0.5, 0.6) is 5.75 Å². The second kappa shape index (κ2) is 8.98. The van der Waals surface area contributed by atoms with Gasteiger partial charge in [-0.1, -0.05) is 32.0 Å². The molecule has 0 aliphatic carbocycles. The lowest BCUT2D eigenvalue weighted by atomic mass is 9.87. The molecule has 8 nitrogen and oxygen atoms in total. The summed E-state index contributed by atoms with van der Waals surface area (Å²) >= 11 is 0. The van der Waals surface area contributed by atoms with Crippen molar-refractivity contribution in [2.75, 3.05) is 6.61 Å². The molecule has 2 aliphatic rings. The second-order valence-corrected chi connectivity index (χ2v) is 8.37. The first-order valence-corrected chi connectivity index (χ1v) is 11.1. The van der Waals surface area contributed by atoms with Crippen molar-refractivity contribution in [3.63, 3.8) is 0 Å². The highest BCUT2D eigenvalue weighted by atomic mass is 16.5. The van der Waals surface area contributed by atoms with E-state index in [1.807, 2.05) is 38.1 Å². The van der Waals surface area contributed by atoms with E-state index in [4.69, 9.17) is 10.1 Å². The molecule has 1 aromatic heterocycles. The van der Waals surface area contributed by atoms with E-state index in [9.17, 15) is 9.59 Å². The average molecular weight is 436 g/mol. The van der Waals surface area contributed by atoms with Gasteiger partial charge in [0.05, 0.1) is 25.6 Å². The number of rotatable bonds is 6. The third-order valence-corrected chi connectivity index (χ3v) is 6.46. The summed E-state index contributed by atoms with van der Waals surface area (Å²) in [7, 11) is 0. The number of benzene rings is 1.